The average molecular weight is 508 g/mol. The molecule has 0 aliphatic heterocycles. The molecule has 1 amide bonds. The van der Waals surface area contributed by atoms with Gasteiger partial charge in [0.15, 0.2) is 0 Å². The van der Waals surface area contributed by atoms with Gasteiger partial charge in [0, 0.05) is 5.56 Å². The number of hydrogen-bond donors (Lipinski definition) is 1. The summed E-state index contributed by atoms with van der Waals surface area (Å²) in [5, 5.41) is 8.36. The molecule has 0 saturated carbocycles. The van der Waals surface area contributed by atoms with E-state index in [-0.39, 0.29) is 4.90 Å². The van der Waals surface area contributed by atoms with E-state index in [2.05, 4.69) is 16.6 Å². The van der Waals surface area contributed by atoms with Gasteiger partial charge in [-0.2, -0.15) is 5.10 Å². The van der Waals surface area contributed by atoms with Crippen LogP contribution in [0.15, 0.2) is 119 Å². The number of nitrogens with one attached hydrogen (secondary N) is 1. The molecular weight excluding hydrogens is 482 g/mol. The second-order valence-corrected chi connectivity index (χ2v) is 10.6. The predicted molar refractivity (Wildman–Crippen MR) is 149 cm³/mol. The SMILES string of the molecule is Cc1cccc(N(CC(=O)N/N=C\c2c3ccccc3cc3ccccc23)S(=O)(=O)c2ccccc2)c1. The molecule has 0 bridgehead atoms. The fourth-order valence-corrected chi connectivity index (χ4v) is 5.77. The summed E-state index contributed by atoms with van der Waals surface area (Å²) in [6, 6.07) is 33.2. The van der Waals surface area contributed by atoms with Crippen molar-refractivity contribution < 1.29 is 13.2 Å². The number of carbonyl (C=O) groups excluding carboxylic acids is 1. The molecule has 0 saturated heterocycles. The molecule has 6 nitrogen and oxygen atoms in total. The van der Waals surface area contributed by atoms with Crippen molar-refractivity contribution in [2.24, 2.45) is 5.10 Å². The average Bonchev–Trinajstić information content (AvgIpc) is 2.91. The summed E-state index contributed by atoms with van der Waals surface area (Å²) in [5.41, 5.74) is 4.69. The molecule has 184 valence electrons. The molecule has 5 aromatic carbocycles. The second kappa shape index (κ2) is 10.2. The van der Waals surface area contributed by atoms with Crippen LogP contribution in [0.4, 0.5) is 5.69 Å². The van der Waals surface area contributed by atoms with Gasteiger partial charge in [-0.3, -0.25) is 9.10 Å². The number of sulfonamides is 1. The number of fused-ring (bicyclic) bond motifs is 2. The summed E-state index contributed by atoms with van der Waals surface area (Å²) in [6.07, 6.45) is 1.62. The summed E-state index contributed by atoms with van der Waals surface area (Å²) >= 11 is 0. The zero-order valence-corrected chi connectivity index (χ0v) is 21.0. The highest BCUT2D eigenvalue weighted by Gasteiger charge is 2.27. The van der Waals surface area contributed by atoms with Gasteiger partial charge in [0.25, 0.3) is 15.9 Å². The molecule has 0 aromatic heterocycles. The molecule has 0 spiro atoms. The predicted octanol–water partition coefficient (Wildman–Crippen LogP) is 5.65. The molecule has 0 aliphatic carbocycles. The first-order valence-electron chi connectivity index (χ1n) is 11.8. The Morgan fingerprint density at radius 2 is 1.43 bits per heavy atom. The van der Waals surface area contributed by atoms with Crippen LogP contribution < -0.4 is 9.73 Å². The molecule has 1 N–H and O–H groups in total. The number of aryl methyl sites for hydroxylation is 1. The summed E-state index contributed by atoms with van der Waals surface area (Å²) in [4.78, 5) is 13.1. The molecule has 5 aromatic rings. The van der Waals surface area contributed by atoms with Crippen LogP contribution in [-0.2, 0) is 14.8 Å². The van der Waals surface area contributed by atoms with E-state index in [4.69, 9.17) is 0 Å². The largest absolute Gasteiger partial charge is 0.271 e. The lowest BCUT2D eigenvalue weighted by Crippen LogP contribution is -2.39. The third-order valence-corrected chi connectivity index (χ3v) is 7.89. The van der Waals surface area contributed by atoms with Crippen LogP contribution in [0.3, 0.4) is 0 Å². The van der Waals surface area contributed by atoms with E-state index < -0.39 is 22.5 Å². The van der Waals surface area contributed by atoms with E-state index in [1.54, 1.807) is 42.6 Å². The topological polar surface area (TPSA) is 78.8 Å². The highest BCUT2D eigenvalue weighted by atomic mass is 32.2. The molecule has 0 aliphatic rings. The Kier molecular flexibility index (Phi) is 6.70. The Hall–Kier alpha value is -4.49. The molecule has 0 heterocycles. The van der Waals surface area contributed by atoms with Gasteiger partial charge >= 0.3 is 0 Å². The van der Waals surface area contributed by atoms with Crippen molar-refractivity contribution in [1.29, 1.82) is 0 Å². The first-order valence-corrected chi connectivity index (χ1v) is 13.2. The van der Waals surface area contributed by atoms with Crippen molar-refractivity contribution in [2.45, 2.75) is 11.8 Å². The quantitative estimate of drug-likeness (QED) is 0.176. The van der Waals surface area contributed by atoms with Crippen molar-refractivity contribution in [1.82, 2.24) is 5.43 Å². The lowest BCUT2D eigenvalue weighted by Gasteiger charge is -2.24. The fourth-order valence-electron chi connectivity index (χ4n) is 4.34. The normalized spacial score (nSPS) is 11.7. The van der Waals surface area contributed by atoms with Gasteiger partial charge in [0.1, 0.15) is 6.54 Å². The minimum Gasteiger partial charge on any atom is -0.271 e. The maximum Gasteiger partial charge on any atom is 0.264 e. The Balaban J connectivity index is 1.44. The lowest BCUT2D eigenvalue weighted by molar-refractivity contribution is -0.119. The van der Waals surface area contributed by atoms with Gasteiger partial charge in [-0.25, -0.2) is 13.8 Å². The lowest BCUT2D eigenvalue weighted by atomic mass is 9.97. The van der Waals surface area contributed by atoms with Crippen LogP contribution in [0.5, 0.6) is 0 Å². The van der Waals surface area contributed by atoms with Crippen molar-refractivity contribution in [3.05, 3.63) is 120 Å². The molecule has 0 atom stereocenters. The van der Waals surface area contributed by atoms with E-state index in [0.717, 1.165) is 37.0 Å². The summed E-state index contributed by atoms with van der Waals surface area (Å²) in [7, 11) is -3.98. The van der Waals surface area contributed by atoms with Crippen molar-refractivity contribution in [3.8, 4) is 0 Å². The van der Waals surface area contributed by atoms with E-state index in [9.17, 15) is 13.2 Å². The second-order valence-electron chi connectivity index (χ2n) is 8.69. The van der Waals surface area contributed by atoms with Crippen LogP contribution in [0, 0.1) is 6.92 Å². The van der Waals surface area contributed by atoms with Crippen LogP contribution >= 0.6 is 0 Å². The third-order valence-electron chi connectivity index (χ3n) is 6.10. The maximum absolute atomic E-state index is 13.5. The Bertz CT molecular complexity index is 1680. The van der Waals surface area contributed by atoms with Crippen LogP contribution in [0.1, 0.15) is 11.1 Å². The van der Waals surface area contributed by atoms with Gasteiger partial charge in [-0.05, 0) is 64.4 Å². The number of carbonyl (C=O) groups is 1. The zero-order chi connectivity index (χ0) is 25.8. The molecular formula is C30H25N3O3S. The van der Waals surface area contributed by atoms with Gasteiger partial charge < -0.3 is 0 Å². The zero-order valence-electron chi connectivity index (χ0n) is 20.2. The van der Waals surface area contributed by atoms with Crippen LogP contribution in [-0.4, -0.2) is 27.1 Å². The number of hydrogen-bond acceptors (Lipinski definition) is 4. The number of hydrazone groups is 1. The minimum atomic E-state index is -3.98. The summed E-state index contributed by atoms with van der Waals surface area (Å²) in [6.45, 7) is 1.45. The van der Waals surface area contributed by atoms with Gasteiger partial charge in [-0.1, -0.05) is 78.9 Å². The van der Waals surface area contributed by atoms with Gasteiger partial charge in [0.05, 0.1) is 16.8 Å². The first-order chi connectivity index (χ1) is 17.9. The number of benzene rings is 5. The molecule has 0 radical (unpaired) electrons. The standard InChI is InChI=1S/C30H25N3O3S/c1-22-10-9-13-25(18-22)33(37(35,36)26-14-3-2-4-15-26)21-30(34)32-31-20-29-27-16-7-5-11-23(27)19-24-12-6-8-17-28(24)29/h2-20H,21H2,1H3,(H,32,34)/b31-20-. The van der Waals surface area contributed by atoms with E-state index in [1.807, 2.05) is 61.5 Å². The summed E-state index contributed by atoms with van der Waals surface area (Å²) in [5.74, 6) is -0.554. The minimum absolute atomic E-state index is 0.107. The van der Waals surface area contributed by atoms with Crippen molar-refractivity contribution >= 4 is 49.4 Å². The maximum atomic E-state index is 13.5. The number of nitrogens with zero attached hydrogens (tertiary/aromatic N) is 2. The summed E-state index contributed by atoms with van der Waals surface area (Å²) < 4.78 is 28.1. The fraction of sp³-hybridized carbons (Fsp3) is 0.0667. The van der Waals surface area contributed by atoms with E-state index >= 15 is 0 Å². The Labute approximate surface area is 215 Å². The Morgan fingerprint density at radius 1 is 0.811 bits per heavy atom. The van der Waals surface area contributed by atoms with E-state index in [1.165, 1.54) is 12.1 Å². The number of amides is 1. The molecule has 0 fully saturated rings. The monoisotopic (exact) mass is 507 g/mol. The smallest absolute Gasteiger partial charge is 0.264 e. The van der Waals surface area contributed by atoms with Crippen molar-refractivity contribution in [3.63, 3.8) is 0 Å². The Morgan fingerprint density at radius 3 is 2.08 bits per heavy atom. The molecule has 37 heavy (non-hydrogen) atoms. The van der Waals surface area contributed by atoms with Gasteiger partial charge in [-0.15, -0.1) is 0 Å². The van der Waals surface area contributed by atoms with Crippen LogP contribution in [0.2, 0.25) is 0 Å². The molecule has 0 unspecified atom stereocenters. The van der Waals surface area contributed by atoms with E-state index in [0.29, 0.717) is 5.69 Å². The van der Waals surface area contributed by atoms with Crippen LogP contribution in [0.25, 0.3) is 21.5 Å². The highest BCUT2D eigenvalue weighted by Crippen LogP contribution is 2.27. The highest BCUT2D eigenvalue weighted by molar-refractivity contribution is 7.92. The van der Waals surface area contributed by atoms with Crippen molar-refractivity contribution in [2.75, 3.05) is 10.8 Å². The third kappa shape index (κ3) is 5.08. The first kappa shape index (κ1) is 24.2. The molecule has 7 heteroatoms. The molecule has 5 rings (SSSR count). The van der Waals surface area contributed by atoms with Gasteiger partial charge in [0.2, 0.25) is 0 Å². The number of anilines is 1. The number of rotatable bonds is 7.